The van der Waals surface area contributed by atoms with Crippen LogP contribution < -0.4 is 10.6 Å². The minimum absolute atomic E-state index is 0.0639. The summed E-state index contributed by atoms with van der Waals surface area (Å²) in [5, 5.41) is 5.39. The molecular weight excluding hydrogens is 358 g/mol. The topological polar surface area (TPSA) is 58.2 Å². The van der Waals surface area contributed by atoms with Crippen LogP contribution in [0.5, 0.6) is 0 Å². The van der Waals surface area contributed by atoms with Crippen LogP contribution in [0.1, 0.15) is 24.1 Å². The van der Waals surface area contributed by atoms with Crippen molar-refractivity contribution < 1.29 is 18.4 Å². The van der Waals surface area contributed by atoms with E-state index in [1.54, 1.807) is 13.0 Å². The Morgan fingerprint density at radius 2 is 1.81 bits per heavy atom. The number of amides is 2. The van der Waals surface area contributed by atoms with Gasteiger partial charge in [0.1, 0.15) is 11.6 Å². The Balaban J connectivity index is 1.75. The van der Waals surface area contributed by atoms with Crippen molar-refractivity contribution in [1.29, 1.82) is 0 Å². The summed E-state index contributed by atoms with van der Waals surface area (Å²) >= 11 is 1.16. The molecule has 0 bridgehead atoms. The van der Waals surface area contributed by atoms with E-state index in [0.29, 0.717) is 5.69 Å². The molecule has 0 heterocycles. The Bertz CT molecular complexity index is 799. The maximum Gasteiger partial charge on any atom is 0.234 e. The molecule has 0 aliphatic rings. The maximum absolute atomic E-state index is 13.7. The Labute approximate surface area is 155 Å². The van der Waals surface area contributed by atoms with Crippen LogP contribution in [0.25, 0.3) is 0 Å². The van der Waals surface area contributed by atoms with Crippen LogP contribution in [-0.2, 0) is 9.59 Å². The lowest BCUT2D eigenvalue weighted by molar-refractivity contribution is -0.119. The second-order valence-electron chi connectivity index (χ2n) is 5.87. The Kier molecular flexibility index (Phi) is 7.15. The molecule has 0 saturated carbocycles. The fourth-order valence-electron chi connectivity index (χ4n) is 2.37. The van der Waals surface area contributed by atoms with Crippen molar-refractivity contribution in [1.82, 2.24) is 5.32 Å². The number of thioether (sulfide) groups is 1. The first-order chi connectivity index (χ1) is 12.3. The van der Waals surface area contributed by atoms with Gasteiger partial charge in [0.25, 0.3) is 0 Å². The lowest BCUT2D eigenvalue weighted by atomic mass is 10.1. The molecular formula is C19H20F2N2O2S. The van der Waals surface area contributed by atoms with Crippen molar-refractivity contribution >= 4 is 29.3 Å². The molecule has 0 saturated heterocycles. The van der Waals surface area contributed by atoms with Gasteiger partial charge in [0.15, 0.2) is 0 Å². The van der Waals surface area contributed by atoms with Gasteiger partial charge in [-0.15, -0.1) is 11.8 Å². The van der Waals surface area contributed by atoms with E-state index in [-0.39, 0.29) is 28.9 Å². The van der Waals surface area contributed by atoms with E-state index in [9.17, 15) is 18.4 Å². The third kappa shape index (κ3) is 6.15. The van der Waals surface area contributed by atoms with Gasteiger partial charge in [-0.1, -0.05) is 18.2 Å². The monoisotopic (exact) mass is 378 g/mol. The molecule has 138 valence electrons. The average molecular weight is 378 g/mol. The van der Waals surface area contributed by atoms with Gasteiger partial charge in [0.05, 0.1) is 17.5 Å². The molecule has 2 rings (SSSR count). The molecule has 7 heteroatoms. The van der Waals surface area contributed by atoms with E-state index < -0.39 is 17.7 Å². The number of hydrogen-bond donors (Lipinski definition) is 2. The summed E-state index contributed by atoms with van der Waals surface area (Å²) in [5.74, 6) is -1.71. The SMILES string of the molecule is Cc1cccc(NC(=O)CSCC(=O)N[C@H](C)c2ccc(F)cc2F)c1. The van der Waals surface area contributed by atoms with E-state index in [4.69, 9.17) is 0 Å². The summed E-state index contributed by atoms with van der Waals surface area (Å²) < 4.78 is 26.6. The van der Waals surface area contributed by atoms with Crippen molar-refractivity contribution in [2.45, 2.75) is 19.9 Å². The summed E-state index contributed by atoms with van der Waals surface area (Å²) in [5.41, 5.74) is 1.96. The van der Waals surface area contributed by atoms with E-state index in [1.165, 1.54) is 6.07 Å². The molecule has 26 heavy (non-hydrogen) atoms. The minimum atomic E-state index is -0.706. The van der Waals surface area contributed by atoms with Crippen LogP contribution in [0, 0.1) is 18.6 Å². The van der Waals surface area contributed by atoms with Crippen LogP contribution in [0.2, 0.25) is 0 Å². The second kappa shape index (κ2) is 9.33. The van der Waals surface area contributed by atoms with Crippen molar-refractivity contribution in [2.75, 3.05) is 16.8 Å². The maximum atomic E-state index is 13.7. The highest BCUT2D eigenvalue weighted by Crippen LogP contribution is 2.18. The number of nitrogens with one attached hydrogen (secondary N) is 2. The number of benzene rings is 2. The van der Waals surface area contributed by atoms with Gasteiger partial charge in [-0.3, -0.25) is 9.59 Å². The summed E-state index contributed by atoms with van der Waals surface area (Å²) in [7, 11) is 0. The van der Waals surface area contributed by atoms with Gasteiger partial charge in [-0.2, -0.15) is 0 Å². The number of rotatable bonds is 7. The fourth-order valence-corrected chi connectivity index (χ4v) is 3.00. The third-order valence-corrected chi connectivity index (χ3v) is 4.51. The minimum Gasteiger partial charge on any atom is -0.349 e. The first-order valence-corrected chi connectivity index (χ1v) is 9.19. The Morgan fingerprint density at radius 3 is 2.50 bits per heavy atom. The number of anilines is 1. The first-order valence-electron chi connectivity index (χ1n) is 8.03. The van der Waals surface area contributed by atoms with Crippen LogP contribution in [0.15, 0.2) is 42.5 Å². The molecule has 0 spiro atoms. The highest BCUT2D eigenvalue weighted by Gasteiger charge is 2.14. The number of halogens is 2. The fraction of sp³-hybridized carbons (Fsp3) is 0.263. The summed E-state index contributed by atoms with van der Waals surface area (Å²) in [6, 6.07) is 10.1. The highest BCUT2D eigenvalue weighted by atomic mass is 32.2. The van der Waals surface area contributed by atoms with Crippen LogP contribution >= 0.6 is 11.8 Å². The van der Waals surface area contributed by atoms with Crippen molar-refractivity contribution in [3.05, 3.63) is 65.2 Å². The molecule has 2 aromatic carbocycles. The van der Waals surface area contributed by atoms with E-state index >= 15 is 0 Å². The zero-order valence-corrected chi connectivity index (χ0v) is 15.3. The molecule has 2 aromatic rings. The number of aryl methyl sites for hydroxylation is 1. The van der Waals surface area contributed by atoms with Crippen LogP contribution in [-0.4, -0.2) is 23.3 Å². The average Bonchev–Trinajstić information content (AvgIpc) is 2.54. The molecule has 0 aliphatic heterocycles. The second-order valence-corrected chi connectivity index (χ2v) is 6.85. The first kappa shape index (κ1) is 19.9. The highest BCUT2D eigenvalue weighted by molar-refractivity contribution is 8.00. The van der Waals surface area contributed by atoms with Gasteiger partial charge in [0.2, 0.25) is 11.8 Å². The lowest BCUT2D eigenvalue weighted by Gasteiger charge is -2.15. The molecule has 0 aliphatic carbocycles. The van der Waals surface area contributed by atoms with Crippen molar-refractivity contribution in [3.63, 3.8) is 0 Å². The lowest BCUT2D eigenvalue weighted by Crippen LogP contribution is -2.29. The van der Waals surface area contributed by atoms with Crippen molar-refractivity contribution in [2.24, 2.45) is 0 Å². The van der Waals surface area contributed by atoms with Gasteiger partial charge in [0, 0.05) is 17.3 Å². The standard InChI is InChI=1S/C19H20F2N2O2S/c1-12-4-3-5-15(8-12)23-19(25)11-26-10-18(24)22-13(2)16-7-6-14(20)9-17(16)21/h3-9,13H,10-11H2,1-2H3,(H,22,24)(H,23,25)/t13-/m1/s1. The molecule has 0 aromatic heterocycles. The quantitative estimate of drug-likeness (QED) is 0.770. The largest absolute Gasteiger partial charge is 0.349 e. The summed E-state index contributed by atoms with van der Waals surface area (Å²) in [6.07, 6.45) is 0. The zero-order chi connectivity index (χ0) is 19.1. The van der Waals surface area contributed by atoms with Crippen molar-refractivity contribution in [3.8, 4) is 0 Å². The molecule has 0 unspecified atom stereocenters. The molecule has 0 radical (unpaired) electrons. The zero-order valence-electron chi connectivity index (χ0n) is 14.5. The predicted molar refractivity (Wildman–Crippen MR) is 100 cm³/mol. The predicted octanol–water partition coefficient (Wildman–Crippen LogP) is 3.82. The van der Waals surface area contributed by atoms with E-state index in [2.05, 4.69) is 10.6 Å². The number of carbonyl (C=O) groups is 2. The molecule has 2 amide bonds. The molecule has 1 atom stereocenters. The molecule has 2 N–H and O–H groups in total. The summed E-state index contributed by atoms with van der Waals surface area (Å²) in [4.78, 5) is 23.8. The van der Waals surface area contributed by atoms with Gasteiger partial charge >= 0.3 is 0 Å². The smallest absolute Gasteiger partial charge is 0.234 e. The van der Waals surface area contributed by atoms with Gasteiger partial charge in [-0.05, 0) is 37.6 Å². The third-order valence-electron chi connectivity index (χ3n) is 3.57. The van der Waals surface area contributed by atoms with Gasteiger partial charge < -0.3 is 10.6 Å². The molecule has 4 nitrogen and oxygen atoms in total. The van der Waals surface area contributed by atoms with Crippen LogP contribution in [0.4, 0.5) is 14.5 Å². The summed E-state index contributed by atoms with van der Waals surface area (Å²) in [6.45, 7) is 3.54. The van der Waals surface area contributed by atoms with Crippen LogP contribution in [0.3, 0.4) is 0 Å². The molecule has 0 fully saturated rings. The van der Waals surface area contributed by atoms with Gasteiger partial charge in [-0.25, -0.2) is 8.78 Å². The number of carbonyl (C=O) groups excluding carboxylic acids is 2. The number of hydrogen-bond acceptors (Lipinski definition) is 3. The van der Waals surface area contributed by atoms with E-state index in [0.717, 1.165) is 29.5 Å². The Morgan fingerprint density at radius 1 is 1.08 bits per heavy atom. The Hall–Kier alpha value is -2.41. The normalized spacial score (nSPS) is 11.7. The van der Waals surface area contributed by atoms with E-state index in [1.807, 2.05) is 25.1 Å².